The first-order valence-corrected chi connectivity index (χ1v) is 9.55. The lowest BCUT2D eigenvalue weighted by atomic mass is 10.0. The molecule has 148 valence electrons. The average molecular weight is 391 g/mol. The zero-order valence-electron chi connectivity index (χ0n) is 16.1. The molecule has 5 nitrogen and oxygen atoms in total. The molecule has 1 amide bonds. The van der Waals surface area contributed by atoms with E-state index in [0.717, 1.165) is 41.0 Å². The Morgan fingerprint density at radius 3 is 2.72 bits per heavy atom. The minimum atomic E-state index is -0.349. The number of hydrogen-bond donors (Lipinski definition) is 2. The summed E-state index contributed by atoms with van der Waals surface area (Å²) < 4.78 is 18.3. The molecule has 2 N–H and O–H groups in total. The van der Waals surface area contributed by atoms with Crippen molar-refractivity contribution in [2.24, 2.45) is 0 Å². The van der Waals surface area contributed by atoms with Crippen molar-refractivity contribution in [2.75, 3.05) is 7.05 Å². The second-order valence-electron chi connectivity index (χ2n) is 7.25. The van der Waals surface area contributed by atoms with Crippen LogP contribution in [0, 0.1) is 5.82 Å². The van der Waals surface area contributed by atoms with Gasteiger partial charge in [0, 0.05) is 17.7 Å². The van der Waals surface area contributed by atoms with Crippen molar-refractivity contribution in [3.05, 3.63) is 83.4 Å². The zero-order valence-corrected chi connectivity index (χ0v) is 16.1. The van der Waals surface area contributed by atoms with Gasteiger partial charge in [-0.05, 0) is 55.3 Å². The number of halogens is 1. The number of nitrogens with zero attached hydrogens (tertiary/aromatic N) is 1. The summed E-state index contributed by atoms with van der Waals surface area (Å²) in [6.45, 7) is 0.618. The second-order valence-corrected chi connectivity index (χ2v) is 7.25. The Hall–Kier alpha value is -3.25. The highest BCUT2D eigenvalue weighted by Crippen LogP contribution is 2.46. The molecule has 6 heteroatoms. The third-order valence-electron chi connectivity index (χ3n) is 5.03. The van der Waals surface area contributed by atoms with Gasteiger partial charge in [0.2, 0.25) is 5.91 Å². The average Bonchev–Trinajstić information content (AvgIpc) is 3.36. The van der Waals surface area contributed by atoms with Crippen LogP contribution < -0.4 is 10.6 Å². The van der Waals surface area contributed by atoms with Crippen LogP contribution >= 0.6 is 0 Å². The highest BCUT2D eigenvalue weighted by Gasteiger charge is 2.45. The Morgan fingerprint density at radius 1 is 1.21 bits per heavy atom. The molecule has 0 radical (unpaired) electrons. The first kappa shape index (κ1) is 19.1. The van der Waals surface area contributed by atoms with Crippen LogP contribution in [-0.2, 0) is 16.9 Å². The van der Waals surface area contributed by atoms with Gasteiger partial charge in [-0.2, -0.15) is 0 Å². The van der Waals surface area contributed by atoms with Crippen LogP contribution in [0.5, 0.6) is 0 Å². The van der Waals surface area contributed by atoms with E-state index in [2.05, 4.69) is 21.9 Å². The molecule has 0 spiro atoms. The molecule has 4 rings (SSSR count). The fraction of sp³-hybridized carbons (Fsp3) is 0.217. The van der Waals surface area contributed by atoms with Crippen LogP contribution in [0.4, 0.5) is 4.39 Å². The monoisotopic (exact) mass is 391 g/mol. The molecular formula is C23H22FN3O2. The maximum absolute atomic E-state index is 13.0. The number of carbonyl (C=O) groups excluding carboxylic acids is 1. The number of hydrogen-bond acceptors (Lipinski definition) is 4. The van der Waals surface area contributed by atoms with Crippen LogP contribution in [0.25, 0.3) is 17.3 Å². The summed E-state index contributed by atoms with van der Waals surface area (Å²) in [6, 6.07) is 16.0. The lowest BCUT2D eigenvalue weighted by Crippen LogP contribution is -2.33. The van der Waals surface area contributed by atoms with Crippen LogP contribution in [-0.4, -0.2) is 18.1 Å². The van der Waals surface area contributed by atoms with Gasteiger partial charge >= 0.3 is 0 Å². The molecule has 2 aromatic carbocycles. The first-order chi connectivity index (χ1) is 14.1. The molecule has 0 bridgehead atoms. The fourth-order valence-corrected chi connectivity index (χ4v) is 3.32. The lowest BCUT2D eigenvalue weighted by Gasteiger charge is -2.17. The number of benzene rings is 2. The van der Waals surface area contributed by atoms with Crippen molar-refractivity contribution in [3.8, 4) is 11.3 Å². The topological polar surface area (TPSA) is 67.2 Å². The Labute approximate surface area is 168 Å². The SMILES string of the molecule is CNCc1cc(-c2cccc(C3(NC(=O)/C=C/c4ccc(F)cc4)CC3)c2)no1. The minimum Gasteiger partial charge on any atom is -0.359 e. The molecule has 29 heavy (non-hydrogen) atoms. The van der Waals surface area contributed by atoms with Crippen LogP contribution in [0.1, 0.15) is 29.7 Å². The van der Waals surface area contributed by atoms with Crippen LogP contribution in [0.3, 0.4) is 0 Å². The summed E-state index contributed by atoms with van der Waals surface area (Å²) in [5, 5.41) is 10.3. The van der Waals surface area contributed by atoms with Gasteiger partial charge in [0.25, 0.3) is 0 Å². The molecule has 1 saturated carbocycles. The minimum absolute atomic E-state index is 0.171. The molecule has 0 saturated heterocycles. The quantitative estimate of drug-likeness (QED) is 0.597. The van der Waals surface area contributed by atoms with Crippen LogP contribution in [0.15, 0.2) is 65.2 Å². The van der Waals surface area contributed by atoms with E-state index in [1.165, 1.54) is 18.2 Å². The fourth-order valence-electron chi connectivity index (χ4n) is 3.32. The third kappa shape index (κ3) is 4.43. The number of carbonyl (C=O) groups is 1. The summed E-state index contributed by atoms with van der Waals surface area (Å²) >= 11 is 0. The molecule has 1 fully saturated rings. The van der Waals surface area contributed by atoms with Gasteiger partial charge in [-0.25, -0.2) is 4.39 Å². The predicted octanol–water partition coefficient (Wildman–Crippen LogP) is 4.02. The van der Waals surface area contributed by atoms with Gasteiger partial charge < -0.3 is 15.2 Å². The Bertz CT molecular complexity index is 1040. The molecule has 3 aromatic rings. The van der Waals surface area contributed by atoms with E-state index in [4.69, 9.17) is 4.52 Å². The lowest BCUT2D eigenvalue weighted by molar-refractivity contribution is -0.117. The summed E-state index contributed by atoms with van der Waals surface area (Å²) in [4.78, 5) is 12.4. The molecular weight excluding hydrogens is 369 g/mol. The van der Waals surface area contributed by atoms with Crippen LogP contribution in [0.2, 0.25) is 0 Å². The van der Waals surface area contributed by atoms with E-state index in [0.29, 0.717) is 6.54 Å². The van der Waals surface area contributed by atoms with Gasteiger partial charge in [-0.3, -0.25) is 4.79 Å². The Morgan fingerprint density at radius 2 is 2.00 bits per heavy atom. The maximum Gasteiger partial charge on any atom is 0.244 e. The smallest absolute Gasteiger partial charge is 0.244 e. The van der Waals surface area contributed by atoms with Crippen molar-refractivity contribution in [3.63, 3.8) is 0 Å². The van der Waals surface area contributed by atoms with Gasteiger partial charge in [0.05, 0.1) is 12.1 Å². The number of aromatic nitrogens is 1. The van der Waals surface area contributed by atoms with E-state index < -0.39 is 0 Å². The molecule has 0 atom stereocenters. The molecule has 0 aliphatic heterocycles. The molecule has 1 aliphatic rings. The summed E-state index contributed by atoms with van der Waals surface area (Å²) in [7, 11) is 1.85. The van der Waals surface area contributed by atoms with Crippen molar-refractivity contribution in [1.29, 1.82) is 0 Å². The molecule has 0 unspecified atom stereocenters. The summed E-state index contributed by atoms with van der Waals surface area (Å²) in [5.41, 5.74) is 3.21. The molecule has 1 heterocycles. The Kier molecular flexibility index (Phi) is 5.27. The number of rotatable bonds is 7. The van der Waals surface area contributed by atoms with E-state index >= 15 is 0 Å². The van der Waals surface area contributed by atoms with E-state index in [-0.39, 0.29) is 17.3 Å². The second kappa shape index (κ2) is 8.01. The highest BCUT2D eigenvalue weighted by atomic mass is 19.1. The van der Waals surface area contributed by atoms with E-state index in [1.807, 2.05) is 31.3 Å². The normalized spacial score (nSPS) is 14.8. The highest BCUT2D eigenvalue weighted by molar-refractivity contribution is 5.92. The number of nitrogens with one attached hydrogen (secondary N) is 2. The van der Waals surface area contributed by atoms with Crippen molar-refractivity contribution in [2.45, 2.75) is 24.9 Å². The van der Waals surface area contributed by atoms with Crippen molar-refractivity contribution < 1.29 is 13.7 Å². The van der Waals surface area contributed by atoms with E-state index in [9.17, 15) is 9.18 Å². The molecule has 1 aromatic heterocycles. The van der Waals surface area contributed by atoms with Gasteiger partial charge in [-0.15, -0.1) is 0 Å². The predicted molar refractivity (Wildman–Crippen MR) is 109 cm³/mol. The largest absolute Gasteiger partial charge is 0.359 e. The van der Waals surface area contributed by atoms with E-state index in [1.54, 1.807) is 18.2 Å². The third-order valence-corrected chi connectivity index (χ3v) is 5.03. The van der Waals surface area contributed by atoms with Crippen molar-refractivity contribution >= 4 is 12.0 Å². The van der Waals surface area contributed by atoms with Crippen molar-refractivity contribution in [1.82, 2.24) is 15.8 Å². The Balaban J connectivity index is 1.47. The van der Waals surface area contributed by atoms with Gasteiger partial charge in [0.15, 0.2) is 5.76 Å². The van der Waals surface area contributed by atoms with Gasteiger partial charge in [-0.1, -0.05) is 35.5 Å². The number of amides is 1. The summed E-state index contributed by atoms with van der Waals surface area (Å²) in [6.07, 6.45) is 4.94. The maximum atomic E-state index is 13.0. The first-order valence-electron chi connectivity index (χ1n) is 9.55. The van der Waals surface area contributed by atoms with Gasteiger partial charge in [0.1, 0.15) is 11.5 Å². The molecule has 1 aliphatic carbocycles. The zero-order chi connectivity index (χ0) is 20.3. The standard InChI is InChI=1S/C23H22FN3O2/c1-25-15-20-14-21(27-29-20)17-3-2-4-18(13-17)23(11-12-23)26-22(28)10-7-16-5-8-19(24)9-6-16/h2-10,13-14,25H,11-12,15H2,1H3,(H,26,28)/b10-7+. The summed E-state index contributed by atoms with van der Waals surface area (Å²) in [5.74, 6) is 0.303.